The van der Waals surface area contributed by atoms with Crippen molar-refractivity contribution in [3.8, 4) is 23.0 Å². The van der Waals surface area contributed by atoms with Gasteiger partial charge >= 0.3 is 0 Å². The zero-order valence-electron chi connectivity index (χ0n) is 10.7. The van der Waals surface area contributed by atoms with Crippen molar-refractivity contribution in [2.24, 2.45) is 0 Å². The van der Waals surface area contributed by atoms with Gasteiger partial charge in [0, 0.05) is 6.42 Å². The summed E-state index contributed by atoms with van der Waals surface area (Å²) in [6, 6.07) is 6.74. The number of aromatic nitrogens is 2. The van der Waals surface area contributed by atoms with Gasteiger partial charge in [0.1, 0.15) is 17.2 Å². The Hall–Kier alpha value is -2.30. The summed E-state index contributed by atoms with van der Waals surface area (Å²) < 4.78 is 5.92. The van der Waals surface area contributed by atoms with Gasteiger partial charge in [0.15, 0.2) is 0 Å². The van der Waals surface area contributed by atoms with Crippen LogP contribution in [0.3, 0.4) is 0 Å². The summed E-state index contributed by atoms with van der Waals surface area (Å²) in [5.41, 5.74) is 1.11. The van der Waals surface area contributed by atoms with Crippen molar-refractivity contribution < 1.29 is 9.84 Å². The van der Waals surface area contributed by atoms with Crippen LogP contribution in [0, 0.1) is 0 Å². The second-order valence-corrected chi connectivity index (χ2v) is 5.28. The van der Waals surface area contributed by atoms with E-state index in [2.05, 4.69) is 9.97 Å². The van der Waals surface area contributed by atoms with Gasteiger partial charge in [0.25, 0.3) is 5.56 Å². The van der Waals surface area contributed by atoms with E-state index in [0.29, 0.717) is 11.4 Å². The lowest BCUT2D eigenvalue weighted by Gasteiger charge is -2.18. The van der Waals surface area contributed by atoms with Gasteiger partial charge in [-0.15, -0.1) is 0 Å². The molecule has 2 heterocycles. The molecule has 19 heavy (non-hydrogen) atoms. The first-order valence-electron chi connectivity index (χ1n) is 6.06. The summed E-state index contributed by atoms with van der Waals surface area (Å²) in [7, 11) is 0. The standard InChI is InChI=1S/C14H14N2O3/c1-14(2)7-8-4-3-5-9(12(8)19-14)13-15-10(17)6-11(18)16-13/h3-6H,7H2,1-2H3,(H2,15,16,17,18). The molecule has 0 aliphatic carbocycles. The van der Waals surface area contributed by atoms with Crippen molar-refractivity contribution in [1.29, 1.82) is 0 Å². The molecule has 3 rings (SSSR count). The van der Waals surface area contributed by atoms with E-state index in [1.54, 1.807) is 0 Å². The average Bonchev–Trinajstić information content (AvgIpc) is 2.60. The molecule has 5 nitrogen and oxygen atoms in total. The molecule has 0 spiro atoms. The van der Waals surface area contributed by atoms with Gasteiger partial charge in [-0.25, -0.2) is 0 Å². The number of ether oxygens (including phenoxy) is 1. The van der Waals surface area contributed by atoms with Crippen LogP contribution in [0.25, 0.3) is 11.4 Å². The summed E-state index contributed by atoms with van der Waals surface area (Å²) >= 11 is 0. The molecular weight excluding hydrogens is 244 g/mol. The maximum atomic E-state index is 11.4. The van der Waals surface area contributed by atoms with Crippen molar-refractivity contribution in [1.82, 2.24) is 9.97 Å². The number of nitrogens with zero attached hydrogens (tertiary/aromatic N) is 1. The van der Waals surface area contributed by atoms with Crippen LogP contribution in [-0.4, -0.2) is 20.7 Å². The first-order valence-corrected chi connectivity index (χ1v) is 6.06. The van der Waals surface area contributed by atoms with E-state index >= 15 is 0 Å². The molecule has 0 radical (unpaired) electrons. The number of hydrogen-bond acceptors (Lipinski definition) is 4. The number of fused-ring (bicyclic) bond motifs is 1. The van der Waals surface area contributed by atoms with Gasteiger partial charge in [-0.05, 0) is 25.5 Å². The zero-order valence-corrected chi connectivity index (χ0v) is 10.7. The van der Waals surface area contributed by atoms with Crippen LogP contribution in [-0.2, 0) is 6.42 Å². The number of rotatable bonds is 1. The van der Waals surface area contributed by atoms with Gasteiger partial charge in [0.2, 0.25) is 5.88 Å². The molecule has 1 aromatic heterocycles. The number of benzene rings is 1. The van der Waals surface area contributed by atoms with Crippen molar-refractivity contribution in [2.75, 3.05) is 0 Å². The Labute approximate surface area is 109 Å². The lowest BCUT2D eigenvalue weighted by atomic mass is 10.0. The van der Waals surface area contributed by atoms with Crippen LogP contribution in [0.1, 0.15) is 19.4 Å². The first-order chi connectivity index (χ1) is 8.94. The van der Waals surface area contributed by atoms with E-state index < -0.39 is 5.56 Å². The highest BCUT2D eigenvalue weighted by atomic mass is 16.5. The molecule has 0 atom stereocenters. The Kier molecular flexibility index (Phi) is 2.38. The predicted octanol–water partition coefficient (Wildman–Crippen LogP) is 1.86. The molecule has 2 aromatic rings. The second-order valence-electron chi connectivity index (χ2n) is 5.28. The molecular formula is C14H14N2O3. The second kappa shape index (κ2) is 3.85. The molecule has 98 valence electrons. The Bertz CT molecular complexity index is 704. The molecule has 1 aliphatic rings. The fourth-order valence-corrected chi connectivity index (χ4v) is 2.37. The van der Waals surface area contributed by atoms with Crippen LogP contribution in [0.5, 0.6) is 11.6 Å². The molecule has 0 unspecified atom stereocenters. The molecule has 2 N–H and O–H groups in total. The maximum absolute atomic E-state index is 11.4. The number of H-pyrrole nitrogens is 1. The fourth-order valence-electron chi connectivity index (χ4n) is 2.37. The monoisotopic (exact) mass is 258 g/mol. The Balaban J connectivity index is 2.18. The van der Waals surface area contributed by atoms with Crippen LogP contribution < -0.4 is 10.3 Å². The minimum Gasteiger partial charge on any atom is -0.493 e. The molecule has 1 aromatic carbocycles. The molecule has 0 saturated carbocycles. The quantitative estimate of drug-likeness (QED) is 0.818. The predicted molar refractivity (Wildman–Crippen MR) is 70.4 cm³/mol. The van der Waals surface area contributed by atoms with E-state index in [0.717, 1.165) is 23.8 Å². The number of aromatic amines is 1. The van der Waals surface area contributed by atoms with Gasteiger partial charge < -0.3 is 14.8 Å². The van der Waals surface area contributed by atoms with E-state index in [1.165, 1.54) is 0 Å². The fraction of sp³-hybridized carbons (Fsp3) is 0.286. The highest BCUT2D eigenvalue weighted by molar-refractivity contribution is 5.68. The van der Waals surface area contributed by atoms with Gasteiger partial charge in [-0.2, -0.15) is 4.98 Å². The number of aromatic hydroxyl groups is 1. The van der Waals surface area contributed by atoms with E-state index in [-0.39, 0.29) is 11.5 Å². The van der Waals surface area contributed by atoms with E-state index in [1.807, 2.05) is 32.0 Å². The molecule has 0 bridgehead atoms. The summed E-state index contributed by atoms with van der Waals surface area (Å²) in [4.78, 5) is 18.0. The highest BCUT2D eigenvalue weighted by Gasteiger charge is 2.32. The van der Waals surface area contributed by atoms with Crippen molar-refractivity contribution >= 4 is 0 Å². The Morgan fingerprint density at radius 1 is 1.42 bits per heavy atom. The van der Waals surface area contributed by atoms with Gasteiger partial charge in [-0.1, -0.05) is 12.1 Å². The number of nitrogens with one attached hydrogen (secondary N) is 1. The maximum Gasteiger partial charge on any atom is 0.254 e. The average molecular weight is 258 g/mol. The van der Waals surface area contributed by atoms with E-state index in [4.69, 9.17) is 4.74 Å². The molecule has 0 saturated heterocycles. The molecule has 1 aliphatic heterocycles. The molecule has 0 amide bonds. The number of para-hydroxylation sites is 1. The Morgan fingerprint density at radius 2 is 2.21 bits per heavy atom. The molecule has 0 fully saturated rings. The van der Waals surface area contributed by atoms with Crippen LogP contribution in [0.2, 0.25) is 0 Å². The lowest BCUT2D eigenvalue weighted by molar-refractivity contribution is 0.139. The summed E-state index contributed by atoms with van der Waals surface area (Å²) in [6.45, 7) is 4.02. The normalized spacial score (nSPS) is 15.9. The third-order valence-electron chi connectivity index (χ3n) is 3.07. The third-order valence-corrected chi connectivity index (χ3v) is 3.07. The zero-order chi connectivity index (χ0) is 13.6. The molecule has 5 heteroatoms. The minimum absolute atomic E-state index is 0.268. The topological polar surface area (TPSA) is 75.2 Å². The van der Waals surface area contributed by atoms with Crippen molar-refractivity contribution in [3.05, 3.63) is 40.2 Å². The van der Waals surface area contributed by atoms with Crippen molar-refractivity contribution in [2.45, 2.75) is 25.9 Å². The summed E-state index contributed by atoms with van der Waals surface area (Å²) in [5.74, 6) is 0.745. The van der Waals surface area contributed by atoms with Crippen LogP contribution in [0.15, 0.2) is 29.1 Å². The number of hydrogen-bond donors (Lipinski definition) is 2. The van der Waals surface area contributed by atoms with Crippen LogP contribution in [0.4, 0.5) is 0 Å². The van der Waals surface area contributed by atoms with Gasteiger partial charge in [0.05, 0.1) is 11.6 Å². The Morgan fingerprint density at radius 3 is 2.95 bits per heavy atom. The van der Waals surface area contributed by atoms with Gasteiger partial charge in [-0.3, -0.25) is 4.79 Å². The van der Waals surface area contributed by atoms with Crippen molar-refractivity contribution in [3.63, 3.8) is 0 Å². The summed E-state index contributed by atoms with van der Waals surface area (Å²) in [6.07, 6.45) is 0.805. The summed E-state index contributed by atoms with van der Waals surface area (Å²) in [5, 5.41) is 9.43. The van der Waals surface area contributed by atoms with Crippen LogP contribution >= 0.6 is 0 Å². The lowest BCUT2D eigenvalue weighted by Crippen LogP contribution is -2.24. The smallest absolute Gasteiger partial charge is 0.254 e. The first kappa shape index (κ1) is 11.8. The largest absolute Gasteiger partial charge is 0.493 e. The van der Waals surface area contributed by atoms with E-state index in [9.17, 15) is 9.90 Å². The third kappa shape index (κ3) is 2.07. The SMILES string of the molecule is CC1(C)Cc2cccc(-c3nc(O)cc(=O)[nH]3)c2O1. The highest BCUT2D eigenvalue weighted by Crippen LogP contribution is 2.41. The minimum atomic E-state index is -0.391.